The molecule has 0 saturated heterocycles. The van der Waals surface area contributed by atoms with E-state index in [0.29, 0.717) is 38.8 Å². The molecule has 0 bridgehead atoms. The van der Waals surface area contributed by atoms with E-state index in [1.54, 1.807) is 71.9 Å². The fraction of sp³-hybridized carbons (Fsp3) is 0.286. The summed E-state index contributed by atoms with van der Waals surface area (Å²) in [5, 5.41) is 11.8. The van der Waals surface area contributed by atoms with Crippen molar-refractivity contribution in [2.24, 2.45) is 16.0 Å². The SMILES string of the molecule is CC(C)(F)c1cccc(C(=O)Nc2cc(OC3=NN4C=CC(NC(=O)C5CCC5)N=C4C=C3)ccc2Br)c1. The van der Waals surface area contributed by atoms with Crippen molar-refractivity contribution in [1.29, 1.82) is 0 Å². The smallest absolute Gasteiger partial charge is 0.255 e. The average molecular weight is 580 g/mol. The molecule has 0 aromatic heterocycles. The Morgan fingerprint density at radius 1 is 1.16 bits per heavy atom. The molecule has 1 atom stereocenters. The zero-order valence-corrected chi connectivity index (χ0v) is 22.5. The third-order valence-electron chi connectivity index (χ3n) is 6.48. The molecule has 1 saturated carbocycles. The number of alkyl halides is 1. The second-order valence-electron chi connectivity index (χ2n) is 9.78. The third-order valence-corrected chi connectivity index (χ3v) is 7.17. The first-order valence-electron chi connectivity index (χ1n) is 12.4. The van der Waals surface area contributed by atoms with Crippen molar-refractivity contribution < 1.29 is 18.7 Å². The topological polar surface area (TPSA) is 95.4 Å². The van der Waals surface area contributed by atoms with E-state index in [4.69, 9.17) is 4.74 Å². The minimum atomic E-state index is -1.56. The van der Waals surface area contributed by atoms with E-state index in [1.807, 2.05) is 0 Å². The molecular weight excluding hydrogens is 553 g/mol. The fourth-order valence-electron chi connectivity index (χ4n) is 4.05. The van der Waals surface area contributed by atoms with E-state index in [0.717, 1.165) is 19.3 Å². The maximum Gasteiger partial charge on any atom is 0.255 e. The van der Waals surface area contributed by atoms with Gasteiger partial charge in [-0.05, 0) is 84.6 Å². The van der Waals surface area contributed by atoms with Crippen LogP contribution in [0.1, 0.15) is 49.0 Å². The largest absolute Gasteiger partial charge is 0.438 e. The van der Waals surface area contributed by atoms with Crippen LogP contribution in [0.2, 0.25) is 0 Å². The van der Waals surface area contributed by atoms with Crippen molar-refractivity contribution in [3.63, 3.8) is 0 Å². The van der Waals surface area contributed by atoms with E-state index in [-0.39, 0.29) is 17.7 Å². The molecule has 2 amide bonds. The van der Waals surface area contributed by atoms with Crippen LogP contribution in [-0.4, -0.2) is 34.7 Å². The number of rotatable bonds is 6. The summed E-state index contributed by atoms with van der Waals surface area (Å²) in [5.74, 6) is 1.12. The summed E-state index contributed by atoms with van der Waals surface area (Å²) in [4.78, 5) is 29.6. The van der Waals surface area contributed by atoms with Gasteiger partial charge in [0.2, 0.25) is 11.8 Å². The number of carbonyl (C=O) groups excluding carboxylic acids is 2. The molecular formula is C28H27BrFN5O3. The Labute approximate surface area is 228 Å². The van der Waals surface area contributed by atoms with Crippen molar-refractivity contribution in [1.82, 2.24) is 10.3 Å². The number of anilines is 1. The van der Waals surface area contributed by atoms with Crippen LogP contribution in [0.5, 0.6) is 5.75 Å². The van der Waals surface area contributed by atoms with E-state index < -0.39 is 11.8 Å². The summed E-state index contributed by atoms with van der Waals surface area (Å²) in [5.41, 5.74) is -0.303. The zero-order valence-electron chi connectivity index (χ0n) is 20.9. The minimum absolute atomic E-state index is 0.0353. The molecule has 1 fully saturated rings. The number of nitrogens with one attached hydrogen (secondary N) is 2. The lowest BCUT2D eigenvalue weighted by molar-refractivity contribution is -0.127. The summed E-state index contributed by atoms with van der Waals surface area (Å²) in [6, 6.07) is 11.6. The number of amides is 2. The van der Waals surface area contributed by atoms with Gasteiger partial charge < -0.3 is 15.4 Å². The second-order valence-corrected chi connectivity index (χ2v) is 10.6. The van der Waals surface area contributed by atoms with Crippen molar-refractivity contribution in [2.75, 3.05) is 5.32 Å². The number of aliphatic imine (C=N–C) groups is 1. The van der Waals surface area contributed by atoms with Gasteiger partial charge in [0.25, 0.3) is 5.91 Å². The molecule has 1 aliphatic carbocycles. The van der Waals surface area contributed by atoms with E-state index in [1.165, 1.54) is 13.8 Å². The molecule has 2 N–H and O–H groups in total. The minimum Gasteiger partial charge on any atom is -0.438 e. The lowest BCUT2D eigenvalue weighted by Crippen LogP contribution is -2.42. The third kappa shape index (κ3) is 5.85. The van der Waals surface area contributed by atoms with Crippen LogP contribution in [0.15, 0.2) is 81.5 Å². The molecule has 1 unspecified atom stereocenters. The van der Waals surface area contributed by atoms with Gasteiger partial charge in [0, 0.05) is 34.3 Å². The molecule has 8 nitrogen and oxygen atoms in total. The predicted molar refractivity (Wildman–Crippen MR) is 148 cm³/mol. The molecule has 2 aromatic rings. The van der Waals surface area contributed by atoms with Crippen LogP contribution in [0.3, 0.4) is 0 Å². The zero-order chi connectivity index (χ0) is 26.9. The molecule has 2 aromatic carbocycles. The van der Waals surface area contributed by atoms with Gasteiger partial charge in [-0.15, -0.1) is 5.10 Å². The van der Waals surface area contributed by atoms with E-state index in [2.05, 4.69) is 36.7 Å². The van der Waals surface area contributed by atoms with Crippen LogP contribution in [-0.2, 0) is 10.5 Å². The van der Waals surface area contributed by atoms with Crippen molar-refractivity contribution in [3.8, 4) is 5.75 Å². The Bertz CT molecular complexity index is 1390. The van der Waals surface area contributed by atoms with Gasteiger partial charge in [-0.3, -0.25) is 9.59 Å². The highest BCUT2D eigenvalue weighted by Gasteiger charge is 2.28. The Morgan fingerprint density at radius 3 is 2.71 bits per heavy atom. The normalized spacial score (nSPS) is 18.6. The Morgan fingerprint density at radius 2 is 1.97 bits per heavy atom. The number of carbonyl (C=O) groups is 2. The number of amidine groups is 1. The van der Waals surface area contributed by atoms with Crippen LogP contribution < -0.4 is 15.4 Å². The van der Waals surface area contributed by atoms with Gasteiger partial charge in [0.15, 0.2) is 5.84 Å². The number of ether oxygens (including phenoxy) is 1. The molecule has 3 aliphatic rings. The predicted octanol–water partition coefficient (Wildman–Crippen LogP) is 5.64. The van der Waals surface area contributed by atoms with Gasteiger partial charge in [-0.2, -0.15) is 0 Å². The number of nitrogens with zero attached hydrogens (tertiary/aromatic N) is 3. The monoisotopic (exact) mass is 579 g/mol. The Balaban J connectivity index is 1.24. The van der Waals surface area contributed by atoms with Crippen molar-refractivity contribution in [2.45, 2.75) is 44.9 Å². The first-order valence-corrected chi connectivity index (χ1v) is 13.2. The van der Waals surface area contributed by atoms with Crippen LogP contribution in [0, 0.1) is 5.92 Å². The number of fused-ring (bicyclic) bond motifs is 1. The van der Waals surface area contributed by atoms with Gasteiger partial charge >= 0.3 is 0 Å². The van der Waals surface area contributed by atoms with Gasteiger partial charge in [-0.1, -0.05) is 18.6 Å². The van der Waals surface area contributed by atoms with Gasteiger partial charge in [0.05, 0.1) is 5.69 Å². The number of hydrogen-bond acceptors (Lipinski definition) is 6. The number of halogens is 2. The van der Waals surface area contributed by atoms with Crippen LogP contribution >= 0.6 is 15.9 Å². The molecule has 38 heavy (non-hydrogen) atoms. The van der Waals surface area contributed by atoms with Crippen LogP contribution in [0.4, 0.5) is 10.1 Å². The molecule has 10 heteroatoms. The number of hydrazone groups is 1. The summed E-state index contributed by atoms with van der Waals surface area (Å²) in [7, 11) is 0. The highest BCUT2D eigenvalue weighted by atomic mass is 79.9. The lowest BCUT2D eigenvalue weighted by Gasteiger charge is -2.28. The average Bonchev–Trinajstić information content (AvgIpc) is 2.84. The van der Waals surface area contributed by atoms with Gasteiger partial charge in [0.1, 0.15) is 17.6 Å². The first kappa shape index (κ1) is 25.8. The number of hydrogen-bond donors (Lipinski definition) is 2. The molecule has 5 rings (SSSR count). The summed E-state index contributed by atoms with van der Waals surface area (Å²) in [6.07, 6.45) is 9.49. The van der Waals surface area contributed by atoms with Gasteiger partial charge in [-0.25, -0.2) is 14.4 Å². The molecule has 0 radical (unpaired) electrons. The summed E-state index contributed by atoms with van der Waals surface area (Å²) in [6.45, 7) is 2.90. The quantitative estimate of drug-likeness (QED) is 0.463. The maximum absolute atomic E-state index is 14.3. The van der Waals surface area contributed by atoms with Crippen molar-refractivity contribution in [3.05, 3.63) is 82.5 Å². The highest BCUT2D eigenvalue weighted by Crippen LogP contribution is 2.30. The Hall–Kier alpha value is -3.79. The summed E-state index contributed by atoms with van der Waals surface area (Å²) < 4.78 is 20.9. The molecule has 2 aliphatic heterocycles. The highest BCUT2D eigenvalue weighted by molar-refractivity contribution is 9.10. The van der Waals surface area contributed by atoms with Crippen LogP contribution in [0.25, 0.3) is 0 Å². The van der Waals surface area contributed by atoms with Crippen molar-refractivity contribution >= 4 is 45.2 Å². The fourth-order valence-corrected chi connectivity index (χ4v) is 4.40. The molecule has 0 spiro atoms. The molecule has 196 valence electrons. The van der Waals surface area contributed by atoms with E-state index >= 15 is 0 Å². The first-order chi connectivity index (χ1) is 18.2. The summed E-state index contributed by atoms with van der Waals surface area (Å²) >= 11 is 3.45. The second kappa shape index (κ2) is 10.5. The Kier molecular flexibility index (Phi) is 7.16. The standard InChI is InChI=1S/C28H27BrFN5O3/c1-28(2,30)19-8-4-7-18(15-19)27(37)31-22-16-20(9-10-21(22)29)38-25-12-11-24-32-23(13-14-35(24)34-25)33-26(36)17-5-3-6-17/h4,7-17,23H,3,5-6H2,1-2H3,(H,31,37)(H,33,36). The number of benzene rings is 2. The lowest BCUT2D eigenvalue weighted by atomic mass is 9.85. The molecule has 2 heterocycles. The van der Waals surface area contributed by atoms with E-state index in [9.17, 15) is 14.0 Å². The maximum atomic E-state index is 14.3.